The van der Waals surface area contributed by atoms with E-state index in [0.717, 1.165) is 12.8 Å². The average Bonchev–Trinajstić information content (AvgIpc) is 3.40. The number of fused-ring (bicyclic) bond motifs is 1. The molecule has 5 N–H and O–H groups in total. The first-order chi connectivity index (χ1) is 16.8. The molecule has 192 valence electrons. The van der Waals surface area contributed by atoms with Gasteiger partial charge in [0.2, 0.25) is 5.60 Å². The molecule has 2 aromatic heterocycles. The van der Waals surface area contributed by atoms with Crippen LogP contribution in [0.3, 0.4) is 0 Å². The van der Waals surface area contributed by atoms with Crippen LogP contribution in [0.15, 0.2) is 18.5 Å². The number of carbonyl (C=O) groups excluding carboxylic acids is 1. The molecule has 0 spiro atoms. The fraction of sp³-hybridized carbons (Fsp3) is 0.652. The minimum Gasteiger partial charge on any atom is -0.464 e. The number of nitriles is 1. The second kappa shape index (κ2) is 11.7. The summed E-state index contributed by atoms with van der Waals surface area (Å²) in [7, 11) is 0. The number of aliphatic hydroxyl groups is 2. The number of aromatic nitrogens is 3. The number of nitrogens with zero attached hydrogens (tertiary/aromatic N) is 4. The Morgan fingerprint density at radius 3 is 2.74 bits per heavy atom. The number of nitrogens with one attached hydrogen (secondary N) is 1. The molecule has 5 atom stereocenters. The lowest BCUT2D eigenvalue weighted by Crippen LogP contribution is -2.47. The Morgan fingerprint density at radius 1 is 1.34 bits per heavy atom. The van der Waals surface area contributed by atoms with Crippen LogP contribution in [-0.2, 0) is 19.0 Å². The van der Waals surface area contributed by atoms with Gasteiger partial charge in [-0.3, -0.25) is 10.1 Å². The van der Waals surface area contributed by atoms with E-state index < -0.39 is 30.0 Å². The molecule has 12 nitrogen and oxygen atoms in total. The molecule has 3 rings (SSSR count). The SMILES string of the molecule is CCC(CC)COC(=O)[C@H](CC)NCOC[C@@]1(C#N)O[C@@H](c2ccc3c(N)ncnn23)[C@H](O)[C@@H]1O. The van der Waals surface area contributed by atoms with Crippen molar-refractivity contribution in [3.8, 4) is 6.07 Å². The minimum absolute atomic E-state index is 0.0866. The maximum absolute atomic E-state index is 12.4. The fourth-order valence-corrected chi connectivity index (χ4v) is 4.06. The predicted molar refractivity (Wildman–Crippen MR) is 125 cm³/mol. The highest BCUT2D eigenvalue weighted by molar-refractivity contribution is 5.75. The van der Waals surface area contributed by atoms with E-state index in [0.29, 0.717) is 30.2 Å². The van der Waals surface area contributed by atoms with E-state index in [9.17, 15) is 20.3 Å². The highest BCUT2D eigenvalue weighted by atomic mass is 16.6. The molecule has 0 aromatic carbocycles. The number of hydrogen-bond acceptors (Lipinski definition) is 11. The molecule has 0 radical (unpaired) electrons. The molecule has 0 saturated carbocycles. The number of carbonyl (C=O) groups is 1. The molecule has 12 heteroatoms. The molecule has 35 heavy (non-hydrogen) atoms. The van der Waals surface area contributed by atoms with Crippen molar-refractivity contribution in [3.05, 3.63) is 24.2 Å². The van der Waals surface area contributed by atoms with Crippen LogP contribution in [0.5, 0.6) is 0 Å². The maximum atomic E-state index is 12.4. The van der Waals surface area contributed by atoms with Gasteiger partial charge in [0, 0.05) is 0 Å². The van der Waals surface area contributed by atoms with Crippen LogP contribution >= 0.6 is 0 Å². The monoisotopic (exact) mass is 490 g/mol. The quantitative estimate of drug-likeness (QED) is 0.187. The topological polar surface area (TPSA) is 177 Å². The van der Waals surface area contributed by atoms with E-state index in [1.165, 1.54) is 10.8 Å². The zero-order valence-corrected chi connectivity index (χ0v) is 20.3. The van der Waals surface area contributed by atoms with Crippen LogP contribution in [0.4, 0.5) is 5.82 Å². The predicted octanol–water partition coefficient (Wildman–Crippen LogP) is 0.689. The maximum Gasteiger partial charge on any atom is 0.323 e. The summed E-state index contributed by atoms with van der Waals surface area (Å²) in [5, 5.41) is 38.2. The Hall–Kier alpha value is -2.82. The third-order valence-electron chi connectivity index (χ3n) is 6.50. The van der Waals surface area contributed by atoms with Crippen molar-refractivity contribution in [1.29, 1.82) is 5.26 Å². The van der Waals surface area contributed by atoms with Gasteiger partial charge in [-0.15, -0.1) is 0 Å². The van der Waals surface area contributed by atoms with Gasteiger partial charge in [0.15, 0.2) is 5.82 Å². The van der Waals surface area contributed by atoms with Crippen LogP contribution in [0.25, 0.3) is 5.52 Å². The second-order valence-electron chi connectivity index (χ2n) is 8.65. The summed E-state index contributed by atoms with van der Waals surface area (Å²) < 4.78 is 18.3. The Bertz CT molecular complexity index is 1040. The van der Waals surface area contributed by atoms with Crippen molar-refractivity contribution in [2.75, 3.05) is 25.7 Å². The third-order valence-corrected chi connectivity index (χ3v) is 6.50. The molecule has 0 bridgehead atoms. The summed E-state index contributed by atoms with van der Waals surface area (Å²) in [6.45, 7) is 5.89. The normalized spacial score (nSPS) is 25.1. The molecule has 1 saturated heterocycles. The zero-order valence-electron chi connectivity index (χ0n) is 20.3. The Labute approximate surface area is 204 Å². The number of anilines is 1. The molecule has 1 aliphatic rings. The first-order valence-corrected chi connectivity index (χ1v) is 11.8. The van der Waals surface area contributed by atoms with Crippen LogP contribution in [-0.4, -0.2) is 74.6 Å². The Kier molecular flexibility index (Phi) is 8.98. The Balaban J connectivity index is 1.60. The van der Waals surface area contributed by atoms with E-state index in [1.54, 1.807) is 12.1 Å². The first kappa shape index (κ1) is 26.8. The standard InChI is InChI=1S/C23H34N6O6/c1-4-14(5-2)9-34-22(32)15(6-3)27-13-33-11-23(10-24)20(31)18(30)19(35-23)16-7-8-17-21(25)26-12-28-29(16)17/h7-8,12,14-15,18-20,27,30-31H,4-6,9,11,13H2,1-3H3,(H2,25,26,28)/t15-,18-,19-,20-,23+/m0/s1. The lowest BCUT2D eigenvalue weighted by atomic mass is 9.96. The van der Waals surface area contributed by atoms with Crippen molar-refractivity contribution in [2.45, 2.75) is 70.0 Å². The van der Waals surface area contributed by atoms with E-state index in [2.05, 4.69) is 29.2 Å². The average molecular weight is 491 g/mol. The van der Waals surface area contributed by atoms with Gasteiger partial charge in [0.1, 0.15) is 42.3 Å². The minimum atomic E-state index is -1.83. The van der Waals surface area contributed by atoms with Crippen molar-refractivity contribution < 1.29 is 29.2 Å². The van der Waals surface area contributed by atoms with Crippen LogP contribution in [0, 0.1) is 17.2 Å². The number of ether oxygens (including phenoxy) is 3. The molecular weight excluding hydrogens is 456 g/mol. The van der Waals surface area contributed by atoms with E-state index in [4.69, 9.17) is 19.9 Å². The number of rotatable bonds is 12. The summed E-state index contributed by atoms with van der Waals surface area (Å²) in [5.74, 6) is 0.195. The first-order valence-electron chi connectivity index (χ1n) is 11.8. The van der Waals surface area contributed by atoms with Crippen LogP contribution in [0.2, 0.25) is 0 Å². The third kappa shape index (κ3) is 5.55. The molecule has 3 heterocycles. The number of nitrogen functional groups attached to an aromatic ring is 1. The number of nitrogens with two attached hydrogens (primary N) is 1. The van der Waals surface area contributed by atoms with E-state index >= 15 is 0 Å². The molecule has 0 unspecified atom stereocenters. The molecule has 0 aliphatic carbocycles. The molecule has 1 aliphatic heterocycles. The second-order valence-corrected chi connectivity index (χ2v) is 8.65. The Morgan fingerprint density at radius 2 is 2.09 bits per heavy atom. The summed E-state index contributed by atoms with van der Waals surface area (Å²) in [6, 6.07) is 4.65. The van der Waals surface area contributed by atoms with Gasteiger partial charge in [-0.2, -0.15) is 10.4 Å². The van der Waals surface area contributed by atoms with Crippen molar-refractivity contribution in [2.24, 2.45) is 5.92 Å². The van der Waals surface area contributed by atoms with Gasteiger partial charge in [0.05, 0.1) is 25.6 Å². The van der Waals surface area contributed by atoms with Gasteiger partial charge < -0.3 is 30.2 Å². The van der Waals surface area contributed by atoms with Crippen molar-refractivity contribution in [1.82, 2.24) is 19.9 Å². The fourth-order valence-electron chi connectivity index (χ4n) is 4.06. The molecule has 2 aromatic rings. The molecule has 0 amide bonds. The van der Waals surface area contributed by atoms with E-state index in [-0.39, 0.29) is 25.1 Å². The zero-order chi connectivity index (χ0) is 25.6. The summed E-state index contributed by atoms with van der Waals surface area (Å²) in [4.78, 5) is 16.3. The summed E-state index contributed by atoms with van der Waals surface area (Å²) >= 11 is 0. The molecular formula is C23H34N6O6. The number of hydrogen-bond donors (Lipinski definition) is 4. The summed E-state index contributed by atoms with van der Waals surface area (Å²) in [6.07, 6.45) is -0.403. The van der Waals surface area contributed by atoms with Crippen LogP contribution in [0.1, 0.15) is 51.8 Å². The van der Waals surface area contributed by atoms with Gasteiger partial charge >= 0.3 is 5.97 Å². The molecule has 1 fully saturated rings. The van der Waals surface area contributed by atoms with Gasteiger partial charge in [-0.05, 0) is 24.5 Å². The largest absolute Gasteiger partial charge is 0.464 e. The number of esters is 1. The van der Waals surface area contributed by atoms with Gasteiger partial charge in [0.25, 0.3) is 0 Å². The van der Waals surface area contributed by atoms with E-state index in [1.807, 2.05) is 13.0 Å². The van der Waals surface area contributed by atoms with Gasteiger partial charge in [-0.25, -0.2) is 9.50 Å². The smallest absolute Gasteiger partial charge is 0.323 e. The highest BCUT2D eigenvalue weighted by Gasteiger charge is 2.56. The van der Waals surface area contributed by atoms with Crippen LogP contribution < -0.4 is 11.1 Å². The van der Waals surface area contributed by atoms with Crippen molar-refractivity contribution in [3.63, 3.8) is 0 Å². The van der Waals surface area contributed by atoms with Crippen molar-refractivity contribution >= 4 is 17.3 Å². The lowest BCUT2D eigenvalue weighted by molar-refractivity contribution is -0.148. The number of aliphatic hydroxyl groups excluding tert-OH is 2. The van der Waals surface area contributed by atoms with Gasteiger partial charge in [-0.1, -0.05) is 33.6 Å². The summed E-state index contributed by atoms with van der Waals surface area (Å²) in [5.41, 5.74) is 4.94. The highest BCUT2D eigenvalue weighted by Crippen LogP contribution is 2.40. The lowest BCUT2D eigenvalue weighted by Gasteiger charge is -2.25.